The van der Waals surface area contributed by atoms with E-state index in [0.29, 0.717) is 17.9 Å². The molecule has 238 valence electrons. The molecule has 3 amide bonds. The van der Waals surface area contributed by atoms with Crippen molar-refractivity contribution in [2.75, 3.05) is 10.7 Å². The summed E-state index contributed by atoms with van der Waals surface area (Å²) < 4.78 is 18.9. The van der Waals surface area contributed by atoms with Gasteiger partial charge in [0.2, 0.25) is 5.91 Å². The van der Waals surface area contributed by atoms with Gasteiger partial charge in [-0.25, -0.2) is 9.69 Å². The number of hydrogen-bond acceptors (Lipinski definition) is 11. The van der Waals surface area contributed by atoms with Crippen LogP contribution in [0, 0.1) is 6.92 Å². The van der Waals surface area contributed by atoms with Crippen LogP contribution in [0.15, 0.2) is 83.2 Å². The first-order valence-electron chi connectivity index (χ1n) is 14.7. The lowest BCUT2D eigenvalue weighted by Gasteiger charge is -2.36. The van der Waals surface area contributed by atoms with Gasteiger partial charge in [0.15, 0.2) is 10.6 Å². The average molecular weight is 661 g/mol. The number of nitrogens with zero attached hydrogens (tertiary/aromatic N) is 3. The van der Waals surface area contributed by atoms with Crippen LogP contribution >= 0.6 is 23.1 Å². The zero-order valence-corrected chi connectivity index (χ0v) is 26.5. The van der Waals surface area contributed by atoms with Gasteiger partial charge in [0.1, 0.15) is 17.7 Å². The van der Waals surface area contributed by atoms with Crippen molar-refractivity contribution in [3.8, 4) is 0 Å². The molecular formula is C33H32N4O7S2. The standard InChI is InChI=1S/C33H32N4O7S2/c1-20-35-36-33(46-20)45-19-26-15-28(23-9-7-21(17-38)8-10-23)44-31(43-26)24-11-13-25(14-12-24)37-29(39)16-27(30(37)40)34-32(41)42-18-22-5-3-2-4-6-22/h2-14,26-28,31,38H,15-19H2,1H3,(H,34,41). The van der Waals surface area contributed by atoms with E-state index >= 15 is 0 Å². The molecule has 4 unspecified atom stereocenters. The van der Waals surface area contributed by atoms with E-state index < -0.39 is 30.2 Å². The molecule has 2 aliphatic heterocycles. The number of aromatic nitrogens is 2. The SMILES string of the molecule is Cc1nnc(SCC2CC(c3ccc(CO)cc3)OC(c3ccc(N4C(=O)CC(NC(=O)OCc5ccccc5)C4=O)cc3)O2)s1. The summed E-state index contributed by atoms with van der Waals surface area (Å²) in [4.78, 5) is 39.4. The van der Waals surface area contributed by atoms with Crippen LogP contribution in [0.5, 0.6) is 0 Å². The molecule has 6 rings (SSSR count). The zero-order chi connectivity index (χ0) is 32.0. The molecule has 3 aromatic carbocycles. The number of aliphatic hydroxyl groups is 1. The van der Waals surface area contributed by atoms with Gasteiger partial charge in [-0.15, -0.1) is 10.2 Å². The molecule has 4 atom stereocenters. The lowest BCUT2D eigenvalue weighted by Crippen LogP contribution is -2.42. The van der Waals surface area contributed by atoms with Crippen LogP contribution in [0.2, 0.25) is 0 Å². The molecule has 11 nitrogen and oxygen atoms in total. The summed E-state index contributed by atoms with van der Waals surface area (Å²) in [5.74, 6) is -0.307. The van der Waals surface area contributed by atoms with Crippen LogP contribution < -0.4 is 10.2 Å². The Morgan fingerprint density at radius 2 is 1.74 bits per heavy atom. The van der Waals surface area contributed by atoms with Crippen molar-refractivity contribution in [2.24, 2.45) is 0 Å². The first-order chi connectivity index (χ1) is 22.4. The summed E-state index contributed by atoms with van der Waals surface area (Å²) in [5.41, 5.74) is 3.70. The van der Waals surface area contributed by atoms with Crippen LogP contribution in [0.25, 0.3) is 0 Å². The normalized spacial score (nSPS) is 21.4. The fraction of sp³-hybridized carbons (Fsp3) is 0.303. The average Bonchev–Trinajstić information content (AvgIpc) is 3.63. The number of anilines is 1. The minimum atomic E-state index is -1.02. The van der Waals surface area contributed by atoms with Crippen LogP contribution in [-0.2, 0) is 37.0 Å². The fourth-order valence-electron chi connectivity index (χ4n) is 5.23. The molecule has 0 saturated carbocycles. The Morgan fingerprint density at radius 1 is 1.00 bits per heavy atom. The molecule has 2 fully saturated rings. The summed E-state index contributed by atoms with van der Waals surface area (Å²) in [6, 6.07) is 22.7. The monoisotopic (exact) mass is 660 g/mol. The van der Waals surface area contributed by atoms with E-state index in [4.69, 9.17) is 14.2 Å². The number of nitrogens with one attached hydrogen (secondary N) is 1. The number of aryl methyl sites for hydroxylation is 1. The zero-order valence-electron chi connectivity index (χ0n) is 24.9. The van der Waals surface area contributed by atoms with Crippen molar-refractivity contribution < 1.29 is 33.7 Å². The van der Waals surface area contributed by atoms with Crippen LogP contribution in [-0.4, -0.2) is 51.1 Å². The molecule has 13 heteroatoms. The van der Waals surface area contributed by atoms with Gasteiger partial charge < -0.3 is 24.6 Å². The number of amides is 3. The van der Waals surface area contributed by atoms with Gasteiger partial charge in [0.05, 0.1) is 30.9 Å². The summed E-state index contributed by atoms with van der Waals surface area (Å²) in [5, 5.41) is 21.2. The van der Waals surface area contributed by atoms with Crippen molar-refractivity contribution in [3.05, 3.63) is 106 Å². The molecule has 4 aromatic rings. The minimum absolute atomic E-state index is 0.0401. The van der Waals surface area contributed by atoms with Gasteiger partial charge in [-0.2, -0.15) is 0 Å². The molecule has 0 bridgehead atoms. The van der Waals surface area contributed by atoms with E-state index in [1.165, 1.54) is 11.3 Å². The molecule has 2 aliphatic rings. The highest BCUT2D eigenvalue weighted by Crippen LogP contribution is 2.40. The maximum absolute atomic E-state index is 13.2. The first-order valence-corrected chi connectivity index (χ1v) is 16.5. The number of rotatable bonds is 10. The lowest BCUT2D eigenvalue weighted by molar-refractivity contribution is -0.245. The van der Waals surface area contributed by atoms with Crippen molar-refractivity contribution in [3.63, 3.8) is 0 Å². The summed E-state index contributed by atoms with van der Waals surface area (Å²) in [6.07, 6.45) is -1.44. The number of carbonyl (C=O) groups is 3. The number of aliphatic hydroxyl groups excluding tert-OH is 1. The summed E-state index contributed by atoms with van der Waals surface area (Å²) in [7, 11) is 0. The Hall–Kier alpha value is -4.14. The van der Waals surface area contributed by atoms with Gasteiger partial charge in [-0.1, -0.05) is 89.8 Å². The Morgan fingerprint density at radius 3 is 2.43 bits per heavy atom. The number of hydrogen-bond donors (Lipinski definition) is 2. The lowest BCUT2D eigenvalue weighted by atomic mass is 10.0. The van der Waals surface area contributed by atoms with E-state index in [1.54, 1.807) is 36.0 Å². The van der Waals surface area contributed by atoms with Crippen molar-refractivity contribution in [1.82, 2.24) is 15.5 Å². The van der Waals surface area contributed by atoms with Gasteiger partial charge in [0, 0.05) is 17.7 Å². The third-order valence-corrected chi connectivity index (χ3v) is 9.69. The maximum atomic E-state index is 13.2. The summed E-state index contributed by atoms with van der Waals surface area (Å²) >= 11 is 3.12. The molecule has 1 aromatic heterocycles. The highest BCUT2D eigenvalue weighted by molar-refractivity contribution is 8.01. The molecule has 3 heterocycles. The molecule has 0 spiro atoms. The van der Waals surface area contributed by atoms with Crippen molar-refractivity contribution >= 4 is 46.7 Å². The second-order valence-corrected chi connectivity index (χ2v) is 13.3. The number of alkyl carbamates (subject to hydrolysis) is 1. The van der Waals surface area contributed by atoms with Gasteiger partial charge in [0.25, 0.3) is 5.91 Å². The second-order valence-electron chi connectivity index (χ2n) is 10.9. The van der Waals surface area contributed by atoms with Gasteiger partial charge in [-0.3, -0.25) is 9.59 Å². The van der Waals surface area contributed by atoms with Gasteiger partial charge >= 0.3 is 6.09 Å². The van der Waals surface area contributed by atoms with E-state index in [-0.39, 0.29) is 31.8 Å². The van der Waals surface area contributed by atoms with Crippen LogP contribution in [0.4, 0.5) is 10.5 Å². The quantitative estimate of drug-likeness (QED) is 0.172. The maximum Gasteiger partial charge on any atom is 0.408 e. The molecule has 0 aliphatic carbocycles. The van der Waals surface area contributed by atoms with Crippen LogP contribution in [0.1, 0.15) is 52.5 Å². The predicted octanol–water partition coefficient (Wildman–Crippen LogP) is 5.23. The first kappa shape index (κ1) is 31.8. The van der Waals surface area contributed by atoms with Crippen LogP contribution in [0.3, 0.4) is 0 Å². The van der Waals surface area contributed by atoms with Crippen molar-refractivity contribution in [1.29, 1.82) is 0 Å². The van der Waals surface area contributed by atoms with E-state index in [9.17, 15) is 19.5 Å². The fourth-order valence-corrected chi connectivity index (χ4v) is 7.09. The third kappa shape index (κ3) is 7.62. The van der Waals surface area contributed by atoms with E-state index in [0.717, 1.165) is 36.5 Å². The number of carbonyl (C=O) groups excluding carboxylic acids is 3. The Bertz CT molecular complexity index is 1670. The predicted molar refractivity (Wildman–Crippen MR) is 171 cm³/mol. The topological polar surface area (TPSA) is 140 Å². The van der Waals surface area contributed by atoms with E-state index in [2.05, 4.69) is 15.5 Å². The number of thioether (sulfide) groups is 1. The second kappa shape index (κ2) is 14.5. The highest BCUT2D eigenvalue weighted by atomic mass is 32.2. The Kier molecular flexibility index (Phi) is 10.0. The minimum Gasteiger partial charge on any atom is -0.445 e. The molecule has 2 N–H and O–H groups in total. The number of ether oxygens (including phenoxy) is 3. The smallest absolute Gasteiger partial charge is 0.408 e. The number of benzene rings is 3. The highest BCUT2D eigenvalue weighted by Gasteiger charge is 2.41. The number of imide groups is 1. The Balaban J connectivity index is 1.12. The Labute approximate surface area is 273 Å². The molecule has 2 saturated heterocycles. The van der Waals surface area contributed by atoms with E-state index in [1.807, 2.05) is 61.5 Å². The van der Waals surface area contributed by atoms with Gasteiger partial charge in [-0.05, 0) is 35.7 Å². The van der Waals surface area contributed by atoms with Crippen molar-refractivity contribution in [2.45, 2.75) is 61.9 Å². The summed E-state index contributed by atoms with van der Waals surface area (Å²) in [6.45, 7) is 1.93. The molecule has 46 heavy (non-hydrogen) atoms. The molecule has 0 radical (unpaired) electrons. The largest absolute Gasteiger partial charge is 0.445 e. The molecular weight excluding hydrogens is 629 g/mol. The third-order valence-electron chi connectivity index (χ3n) is 7.59.